The van der Waals surface area contributed by atoms with Crippen LogP contribution in [0.2, 0.25) is 5.02 Å². The Labute approximate surface area is 263 Å². The summed E-state index contributed by atoms with van der Waals surface area (Å²) in [6.07, 6.45) is 3.79. The standard InChI is InChI=1S/C35H42ClNO7/c1-21(2)26-19-27-33(35(44)37(34(27)43)16-8-4-7-11-31(41)42)28(20-38)32(26)30(40)15-13-23(22-9-5-3-6-10-22)17-24-12-14-25(39)18-29(24)36/h3,5-6,9-10,12,14,17-18,21,27-28,30,33,38-40H,4,7-8,11,13,15-16,19-20H2,1-2H3,(H,41,42)/b23-17-/t27-,28+,30-,33-/m1/s1. The van der Waals surface area contributed by atoms with E-state index in [1.807, 2.05) is 50.3 Å². The molecule has 0 bridgehead atoms. The van der Waals surface area contributed by atoms with Gasteiger partial charge in [-0.25, -0.2) is 0 Å². The molecule has 0 spiro atoms. The summed E-state index contributed by atoms with van der Waals surface area (Å²) in [5.41, 5.74) is 4.18. The fourth-order valence-electron chi connectivity index (χ4n) is 6.67. The molecule has 1 saturated heterocycles. The Hall–Kier alpha value is -3.46. The van der Waals surface area contributed by atoms with Crippen LogP contribution in [0.3, 0.4) is 0 Å². The third kappa shape index (κ3) is 7.60. The first-order valence-corrected chi connectivity index (χ1v) is 15.7. The lowest BCUT2D eigenvalue weighted by Crippen LogP contribution is -2.40. The quantitative estimate of drug-likeness (QED) is 0.0885. The number of phenols is 1. The molecule has 1 aliphatic carbocycles. The van der Waals surface area contributed by atoms with Gasteiger partial charge < -0.3 is 20.4 Å². The van der Waals surface area contributed by atoms with Gasteiger partial charge in [0.2, 0.25) is 11.8 Å². The molecule has 2 aliphatic rings. The molecule has 8 nitrogen and oxygen atoms in total. The Morgan fingerprint density at radius 2 is 1.77 bits per heavy atom. The van der Waals surface area contributed by atoms with Crippen molar-refractivity contribution >= 4 is 41.0 Å². The zero-order valence-electron chi connectivity index (χ0n) is 25.3. The van der Waals surface area contributed by atoms with E-state index in [4.69, 9.17) is 16.7 Å². The second-order valence-electron chi connectivity index (χ2n) is 12.1. The maximum atomic E-state index is 13.6. The van der Waals surface area contributed by atoms with Crippen LogP contribution < -0.4 is 0 Å². The number of aromatic hydroxyl groups is 1. The van der Waals surface area contributed by atoms with E-state index in [1.165, 1.54) is 11.0 Å². The molecule has 2 aromatic rings. The zero-order valence-corrected chi connectivity index (χ0v) is 26.0. The van der Waals surface area contributed by atoms with Gasteiger partial charge in [0.05, 0.1) is 29.6 Å². The van der Waals surface area contributed by atoms with Crippen LogP contribution >= 0.6 is 11.6 Å². The SMILES string of the molecule is CC(C)C1=C([C@H](O)CC/C(=C/c2ccc(O)cc2Cl)c2ccccc2)[C@H](CO)[C@@H]2C(=O)N(CCCCCC(=O)O)C(=O)[C@@H]2C1. The lowest BCUT2D eigenvalue weighted by atomic mass is 9.66. The highest BCUT2D eigenvalue weighted by atomic mass is 35.5. The van der Waals surface area contributed by atoms with Crippen molar-refractivity contribution < 1.29 is 34.8 Å². The largest absolute Gasteiger partial charge is 0.508 e. The molecule has 236 valence electrons. The molecular weight excluding hydrogens is 582 g/mol. The zero-order chi connectivity index (χ0) is 32.0. The third-order valence-corrected chi connectivity index (χ3v) is 9.21. The number of amides is 2. The minimum absolute atomic E-state index is 0.00237. The number of nitrogens with zero attached hydrogens (tertiary/aromatic N) is 1. The van der Waals surface area contributed by atoms with E-state index in [1.54, 1.807) is 12.1 Å². The molecule has 2 amide bonds. The van der Waals surface area contributed by atoms with Crippen LogP contribution in [0.25, 0.3) is 11.6 Å². The number of rotatable bonds is 14. The Kier molecular flexibility index (Phi) is 11.4. The number of unbranched alkanes of at least 4 members (excludes halogenated alkanes) is 2. The number of aliphatic hydroxyl groups is 2. The fraction of sp³-hybridized carbons (Fsp3) is 0.457. The van der Waals surface area contributed by atoms with Gasteiger partial charge >= 0.3 is 5.97 Å². The first kappa shape index (κ1) is 33.4. The van der Waals surface area contributed by atoms with Crippen molar-refractivity contribution in [2.45, 2.75) is 64.9 Å². The number of allylic oxidation sites excluding steroid dienone is 2. The molecule has 1 aliphatic heterocycles. The lowest BCUT2D eigenvalue weighted by molar-refractivity contribution is -0.141. The molecule has 0 saturated carbocycles. The Bertz CT molecular complexity index is 1420. The predicted molar refractivity (Wildman–Crippen MR) is 170 cm³/mol. The summed E-state index contributed by atoms with van der Waals surface area (Å²) in [5, 5.41) is 41.4. The number of carboxylic acid groups (broad SMARTS) is 1. The highest BCUT2D eigenvalue weighted by Crippen LogP contribution is 2.48. The number of carbonyl (C=O) groups excluding carboxylic acids is 2. The summed E-state index contributed by atoms with van der Waals surface area (Å²) in [6.45, 7) is 3.86. The van der Waals surface area contributed by atoms with Crippen LogP contribution in [0.15, 0.2) is 59.7 Å². The molecule has 4 atom stereocenters. The Morgan fingerprint density at radius 1 is 1.05 bits per heavy atom. The maximum Gasteiger partial charge on any atom is 0.303 e. The third-order valence-electron chi connectivity index (χ3n) is 8.88. The van der Waals surface area contributed by atoms with Gasteiger partial charge in [-0.05, 0) is 84.6 Å². The second-order valence-corrected chi connectivity index (χ2v) is 12.5. The number of carboxylic acids is 1. The van der Waals surface area contributed by atoms with Crippen molar-refractivity contribution in [2.24, 2.45) is 23.7 Å². The summed E-state index contributed by atoms with van der Waals surface area (Å²) in [4.78, 5) is 39.1. The number of halogens is 1. The Balaban J connectivity index is 1.57. The van der Waals surface area contributed by atoms with E-state index in [2.05, 4.69) is 0 Å². The number of carbonyl (C=O) groups is 3. The molecule has 1 heterocycles. The smallest absolute Gasteiger partial charge is 0.303 e. The summed E-state index contributed by atoms with van der Waals surface area (Å²) >= 11 is 6.41. The minimum Gasteiger partial charge on any atom is -0.508 e. The van der Waals surface area contributed by atoms with Gasteiger partial charge in [0, 0.05) is 18.9 Å². The highest BCUT2D eigenvalue weighted by Gasteiger charge is 2.54. The summed E-state index contributed by atoms with van der Waals surface area (Å²) in [6, 6.07) is 14.5. The number of likely N-dealkylation sites (tertiary alicyclic amines) is 1. The van der Waals surface area contributed by atoms with Crippen molar-refractivity contribution in [1.29, 1.82) is 0 Å². The Morgan fingerprint density at radius 3 is 2.41 bits per heavy atom. The highest BCUT2D eigenvalue weighted by molar-refractivity contribution is 6.32. The monoisotopic (exact) mass is 623 g/mol. The number of benzene rings is 2. The molecule has 44 heavy (non-hydrogen) atoms. The fourth-order valence-corrected chi connectivity index (χ4v) is 6.90. The number of imide groups is 1. The molecular formula is C35H42ClNO7. The molecule has 1 fully saturated rings. The molecule has 9 heteroatoms. The number of phenolic OH excluding ortho intramolecular Hbond substituents is 1. The van der Waals surface area contributed by atoms with Gasteiger partial charge in [-0.3, -0.25) is 19.3 Å². The van der Waals surface area contributed by atoms with E-state index < -0.39 is 29.8 Å². The molecule has 4 rings (SSSR count). The average Bonchev–Trinajstić information content (AvgIpc) is 3.23. The summed E-state index contributed by atoms with van der Waals surface area (Å²) < 4.78 is 0. The van der Waals surface area contributed by atoms with Gasteiger partial charge in [-0.15, -0.1) is 0 Å². The molecule has 0 unspecified atom stereocenters. The number of hydrogen-bond acceptors (Lipinski definition) is 6. The van der Waals surface area contributed by atoms with Crippen LogP contribution in [-0.2, 0) is 14.4 Å². The lowest BCUT2D eigenvalue weighted by Gasteiger charge is -2.38. The second kappa shape index (κ2) is 15.0. The van der Waals surface area contributed by atoms with Gasteiger partial charge in [-0.1, -0.05) is 67.8 Å². The summed E-state index contributed by atoms with van der Waals surface area (Å²) in [7, 11) is 0. The van der Waals surface area contributed by atoms with Crippen molar-refractivity contribution in [2.75, 3.05) is 13.2 Å². The molecule has 4 N–H and O–H groups in total. The van der Waals surface area contributed by atoms with E-state index >= 15 is 0 Å². The minimum atomic E-state index is -0.944. The van der Waals surface area contributed by atoms with Gasteiger partial charge in [0.25, 0.3) is 0 Å². The van der Waals surface area contributed by atoms with Crippen LogP contribution in [0, 0.1) is 23.7 Å². The van der Waals surface area contributed by atoms with Gasteiger partial charge in [-0.2, -0.15) is 0 Å². The molecule has 0 aromatic heterocycles. The topological polar surface area (TPSA) is 135 Å². The van der Waals surface area contributed by atoms with Crippen molar-refractivity contribution in [3.8, 4) is 5.75 Å². The molecule has 0 radical (unpaired) electrons. The first-order chi connectivity index (χ1) is 21.0. The number of aliphatic hydroxyl groups excluding tert-OH is 2. The first-order valence-electron chi connectivity index (χ1n) is 15.4. The van der Waals surface area contributed by atoms with Crippen molar-refractivity contribution in [3.63, 3.8) is 0 Å². The van der Waals surface area contributed by atoms with E-state index in [0.29, 0.717) is 49.1 Å². The maximum absolute atomic E-state index is 13.6. The molecule has 2 aromatic carbocycles. The van der Waals surface area contributed by atoms with Crippen LogP contribution in [0.1, 0.15) is 69.9 Å². The van der Waals surface area contributed by atoms with Crippen molar-refractivity contribution in [1.82, 2.24) is 4.90 Å². The van der Waals surface area contributed by atoms with E-state index in [9.17, 15) is 29.7 Å². The van der Waals surface area contributed by atoms with Crippen LogP contribution in [0.4, 0.5) is 0 Å². The number of hydrogen-bond donors (Lipinski definition) is 4. The average molecular weight is 624 g/mol. The van der Waals surface area contributed by atoms with E-state index in [-0.39, 0.29) is 43.1 Å². The number of fused-ring (bicyclic) bond motifs is 1. The van der Waals surface area contributed by atoms with Gasteiger partial charge in [0.1, 0.15) is 5.75 Å². The van der Waals surface area contributed by atoms with Crippen LogP contribution in [-0.4, -0.2) is 62.4 Å². The predicted octanol–water partition coefficient (Wildman–Crippen LogP) is 5.94. The normalized spacial score (nSPS) is 21.3. The van der Waals surface area contributed by atoms with E-state index in [0.717, 1.165) is 22.3 Å². The van der Waals surface area contributed by atoms with Crippen LogP contribution in [0.5, 0.6) is 5.75 Å². The summed E-state index contributed by atoms with van der Waals surface area (Å²) in [5.74, 6) is -3.36. The van der Waals surface area contributed by atoms with Crippen molar-refractivity contribution in [3.05, 3.63) is 75.8 Å². The van der Waals surface area contributed by atoms with Gasteiger partial charge in [0.15, 0.2) is 0 Å². The number of aliphatic carboxylic acids is 1.